The molecule has 8 heteroatoms. The van der Waals surface area contributed by atoms with Gasteiger partial charge in [0.1, 0.15) is 16.4 Å². The van der Waals surface area contributed by atoms with Gasteiger partial charge in [0.25, 0.3) is 0 Å². The van der Waals surface area contributed by atoms with E-state index in [-0.39, 0.29) is 29.2 Å². The van der Waals surface area contributed by atoms with E-state index in [2.05, 4.69) is 4.98 Å². The van der Waals surface area contributed by atoms with Gasteiger partial charge in [-0.2, -0.15) is 0 Å². The van der Waals surface area contributed by atoms with Gasteiger partial charge in [-0.1, -0.05) is 17.7 Å². The fourth-order valence-electron chi connectivity index (χ4n) is 4.32. The van der Waals surface area contributed by atoms with Crippen LogP contribution in [0.3, 0.4) is 0 Å². The van der Waals surface area contributed by atoms with Crippen LogP contribution in [0.2, 0.25) is 5.02 Å². The highest BCUT2D eigenvalue weighted by atomic mass is 35.5. The first-order valence-electron chi connectivity index (χ1n) is 10.3. The number of halogens is 3. The van der Waals surface area contributed by atoms with Gasteiger partial charge in [-0.05, 0) is 86.2 Å². The first-order chi connectivity index (χ1) is 15.3. The zero-order valence-electron chi connectivity index (χ0n) is 17.2. The zero-order valence-corrected chi connectivity index (χ0v) is 19.6. The highest BCUT2D eigenvalue weighted by Crippen LogP contribution is 2.49. The van der Waals surface area contributed by atoms with E-state index >= 15 is 0 Å². The first-order valence-corrected chi connectivity index (χ1v) is 13.2. The molecule has 0 unspecified atom stereocenters. The lowest BCUT2D eigenvalue weighted by molar-refractivity contribution is 0.305. The van der Waals surface area contributed by atoms with Gasteiger partial charge in [-0.25, -0.2) is 22.2 Å². The molecule has 0 aliphatic heterocycles. The number of thioether (sulfide) groups is 1. The van der Waals surface area contributed by atoms with Crippen LogP contribution in [-0.2, 0) is 14.6 Å². The summed E-state index contributed by atoms with van der Waals surface area (Å²) < 4.78 is 55.1. The summed E-state index contributed by atoms with van der Waals surface area (Å²) in [7, 11) is -4.01. The number of sulfone groups is 1. The summed E-state index contributed by atoms with van der Waals surface area (Å²) in [5.41, 5.74) is -0.0942. The smallest absolute Gasteiger partial charge is 0.188 e. The monoisotopic (exact) mass is 493 g/mol. The molecular formula is C24H22ClF2NO2S2. The summed E-state index contributed by atoms with van der Waals surface area (Å²) in [5, 5.41) is 1.32. The molecule has 0 bridgehead atoms. The van der Waals surface area contributed by atoms with E-state index in [0.717, 1.165) is 29.0 Å². The molecule has 1 aliphatic carbocycles. The van der Waals surface area contributed by atoms with E-state index in [4.69, 9.17) is 11.6 Å². The maximum atomic E-state index is 14.9. The van der Waals surface area contributed by atoms with E-state index in [9.17, 15) is 17.2 Å². The number of hydrogen-bond acceptors (Lipinski definition) is 4. The Bertz CT molecular complexity index is 1180. The quantitative estimate of drug-likeness (QED) is 0.360. The first kappa shape index (κ1) is 23.2. The topological polar surface area (TPSA) is 47.0 Å². The van der Waals surface area contributed by atoms with Crippen LogP contribution < -0.4 is 0 Å². The van der Waals surface area contributed by atoms with Gasteiger partial charge in [0, 0.05) is 22.5 Å². The minimum absolute atomic E-state index is 0.0619. The largest absolute Gasteiger partial charge is 0.250 e. The highest BCUT2D eigenvalue weighted by molar-refractivity contribution is 7.99. The van der Waals surface area contributed by atoms with Crippen LogP contribution in [0.4, 0.5) is 8.78 Å². The molecule has 3 nitrogen and oxygen atoms in total. The molecule has 1 heterocycles. The molecule has 0 N–H and O–H groups in total. The molecule has 0 saturated heterocycles. The van der Waals surface area contributed by atoms with Crippen molar-refractivity contribution in [1.82, 2.24) is 4.98 Å². The highest BCUT2D eigenvalue weighted by Gasteiger charge is 2.50. The molecule has 0 radical (unpaired) electrons. The van der Waals surface area contributed by atoms with Crippen LogP contribution in [0, 0.1) is 17.6 Å². The van der Waals surface area contributed by atoms with Crippen molar-refractivity contribution in [3.8, 4) is 0 Å². The number of hydrogen-bond donors (Lipinski definition) is 0. The average Bonchev–Trinajstić information content (AvgIpc) is 2.80. The van der Waals surface area contributed by atoms with Crippen LogP contribution in [0.25, 0.3) is 0 Å². The number of rotatable bonds is 6. The summed E-state index contributed by atoms with van der Waals surface area (Å²) in [6, 6.07) is 14.6. The summed E-state index contributed by atoms with van der Waals surface area (Å²) in [6.45, 7) is 0. The Morgan fingerprint density at radius 2 is 1.75 bits per heavy atom. The predicted octanol–water partition coefficient (Wildman–Crippen LogP) is 6.66. The zero-order chi connectivity index (χ0) is 22.8. The lowest BCUT2D eigenvalue weighted by Gasteiger charge is -2.40. The molecule has 1 fully saturated rings. The lowest BCUT2D eigenvalue weighted by atomic mass is 9.78. The molecule has 2 aromatic carbocycles. The Kier molecular flexibility index (Phi) is 6.89. The molecule has 0 amide bonds. The Hall–Kier alpha value is -1.96. The van der Waals surface area contributed by atoms with Crippen LogP contribution in [0.1, 0.15) is 31.2 Å². The Morgan fingerprint density at radius 1 is 1.03 bits per heavy atom. The van der Waals surface area contributed by atoms with Crippen molar-refractivity contribution in [3.05, 3.63) is 89.1 Å². The van der Waals surface area contributed by atoms with Crippen LogP contribution in [0.15, 0.2) is 76.8 Å². The number of benzene rings is 2. The van der Waals surface area contributed by atoms with E-state index in [1.165, 1.54) is 24.3 Å². The second kappa shape index (κ2) is 9.49. The third-order valence-electron chi connectivity index (χ3n) is 6.08. The number of pyridine rings is 1. The number of aromatic nitrogens is 1. The molecule has 1 aromatic heterocycles. The summed E-state index contributed by atoms with van der Waals surface area (Å²) in [4.78, 5) is 4.37. The van der Waals surface area contributed by atoms with Gasteiger partial charge in [0.05, 0.1) is 9.92 Å². The molecule has 1 aliphatic rings. The Morgan fingerprint density at radius 3 is 2.41 bits per heavy atom. The van der Waals surface area contributed by atoms with E-state index < -0.39 is 26.2 Å². The Labute approximate surface area is 196 Å². The van der Waals surface area contributed by atoms with Gasteiger partial charge in [-0.3, -0.25) is 0 Å². The molecule has 4 rings (SSSR count). The minimum atomic E-state index is -4.01. The van der Waals surface area contributed by atoms with Gasteiger partial charge >= 0.3 is 0 Å². The minimum Gasteiger partial charge on any atom is -0.250 e. The summed E-state index contributed by atoms with van der Waals surface area (Å²) in [6.07, 6.45) is 3.34. The molecule has 168 valence electrons. The van der Waals surface area contributed by atoms with Crippen molar-refractivity contribution in [2.75, 3.05) is 5.75 Å². The Balaban J connectivity index is 1.66. The second-order valence-electron chi connectivity index (χ2n) is 8.00. The van der Waals surface area contributed by atoms with Crippen LogP contribution in [0.5, 0.6) is 0 Å². The van der Waals surface area contributed by atoms with Crippen molar-refractivity contribution in [3.63, 3.8) is 0 Å². The maximum Gasteiger partial charge on any atom is 0.188 e. The van der Waals surface area contributed by atoms with Crippen molar-refractivity contribution in [2.45, 2.75) is 40.4 Å². The van der Waals surface area contributed by atoms with Crippen LogP contribution in [-0.4, -0.2) is 19.2 Å². The van der Waals surface area contributed by atoms with Crippen molar-refractivity contribution in [2.24, 2.45) is 5.92 Å². The fraction of sp³-hybridized carbons (Fsp3) is 0.292. The molecule has 0 spiro atoms. The van der Waals surface area contributed by atoms with Crippen molar-refractivity contribution < 1.29 is 17.2 Å². The van der Waals surface area contributed by atoms with Gasteiger partial charge < -0.3 is 0 Å². The molecule has 32 heavy (non-hydrogen) atoms. The molecule has 3 aromatic rings. The van der Waals surface area contributed by atoms with Gasteiger partial charge in [0.15, 0.2) is 9.84 Å². The number of nitrogens with zero attached hydrogens (tertiary/aromatic N) is 1. The van der Waals surface area contributed by atoms with Gasteiger partial charge in [0.2, 0.25) is 0 Å². The van der Waals surface area contributed by atoms with Crippen molar-refractivity contribution >= 4 is 33.2 Å². The second-order valence-corrected chi connectivity index (χ2v) is 11.7. The molecule has 1 saturated carbocycles. The normalized spacial score (nSPS) is 21.4. The van der Waals surface area contributed by atoms with E-state index in [1.54, 1.807) is 18.0 Å². The fourth-order valence-corrected chi connectivity index (χ4v) is 7.66. The summed E-state index contributed by atoms with van der Waals surface area (Å²) in [5.74, 6) is -0.308. The van der Waals surface area contributed by atoms with E-state index in [0.29, 0.717) is 17.9 Å². The standard InChI is InChI=1S/C24H22ClF2NO2S2/c25-18-4-7-20(8-5-18)32(29,30)24(21-15-19(26)6-9-22(21)27)12-10-17(11-13-24)16-31-23-3-1-2-14-28-23/h1-9,14-15,17H,10-13,16H2. The van der Waals surface area contributed by atoms with Gasteiger partial charge in [-0.15, -0.1) is 11.8 Å². The maximum absolute atomic E-state index is 14.9. The third-order valence-corrected chi connectivity index (χ3v) is 10.1. The SMILES string of the molecule is O=S(=O)(c1ccc(Cl)cc1)C1(c2cc(F)ccc2F)CCC(CSc2ccccn2)CC1. The third kappa shape index (κ3) is 4.56. The van der Waals surface area contributed by atoms with Crippen molar-refractivity contribution in [1.29, 1.82) is 0 Å². The summed E-state index contributed by atoms with van der Waals surface area (Å²) >= 11 is 7.56. The van der Waals surface area contributed by atoms with Crippen LogP contribution >= 0.6 is 23.4 Å². The average molecular weight is 494 g/mol. The molecule has 0 atom stereocenters. The lowest BCUT2D eigenvalue weighted by Crippen LogP contribution is -2.41. The van der Waals surface area contributed by atoms with E-state index in [1.807, 2.05) is 18.2 Å². The predicted molar refractivity (Wildman–Crippen MR) is 124 cm³/mol. The molecular weight excluding hydrogens is 472 g/mol.